The van der Waals surface area contributed by atoms with E-state index in [0.29, 0.717) is 18.7 Å². The lowest BCUT2D eigenvalue weighted by atomic mass is 9.91. The van der Waals surface area contributed by atoms with Crippen LogP contribution in [0.3, 0.4) is 0 Å². The Bertz CT molecular complexity index is 926. The summed E-state index contributed by atoms with van der Waals surface area (Å²) in [6.07, 6.45) is 11.0. The highest BCUT2D eigenvalue weighted by atomic mass is 79.9. The molecule has 8 heteroatoms. The maximum Gasteiger partial charge on any atom is 0.255 e. The van der Waals surface area contributed by atoms with Gasteiger partial charge in [-0.3, -0.25) is 14.7 Å². The molecule has 2 fully saturated rings. The quantitative estimate of drug-likeness (QED) is 0.686. The molecule has 158 valence electrons. The second-order valence-electron chi connectivity index (χ2n) is 8.43. The fourth-order valence-electron chi connectivity index (χ4n) is 4.57. The van der Waals surface area contributed by atoms with Crippen LogP contribution in [-0.2, 0) is 12.8 Å². The molecule has 1 saturated carbocycles. The van der Waals surface area contributed by atoms with Crippen LogP contribution >= 0.6 is 15.9 Å². The summed E-state index contributed by atoms with van der Waals surface area (Å²) in [7, 11) is 0. The Morgan fingerprint density at radius 2 is 1.80 bits per heavy atom. The summed E-state index contributed by atoms with van der Waals surface area (Å²) in [5.41, 5.74) is 2.87. The molecule has 0 aromatic carbocycles. The van der Waals surface area contributed by atoms with E-state index in [4.69, 9.17) is 4.98 Å². The van der Waals surface area contributed by atoms with Gasteiger partial charge in [0.15, 0.2) is 0 Å². The SMILES string of the molecule is O=C(c1cncc(Br)c1)N1CCc2cnc(N3CCN(C4CCC4)CC3)nc2CC1. The molecule has 30 heavy (non-hydrogen) atoms. The summed E-state index contributed by atoms with van der Waals surface area (Å²) < 4.78 is 0.819. The van der Waals surface area contributed by atoms with Crippen molar-refractivity contribution in [3.05, 3.63) is 46.0 Å². The fourth-order valence-corrected chi connectivity index (χ4v) is 4.94. The van der Waals surface area contributed by atoms with Crippen molar-refractivity contribution in [3.8, 4) is 0 Å². The molecule has 1 amide bonds. The van der Waals surface area contributed by atoms with Crippen molar-refractivity contribution in [2.75, 3.05) is 44.2 Å². The minimum atomic E-state index is 0.0249. The maximum absolute atomic E-state index is 12.9. The molecule has 7 nitrogen and oxygen atoms in total. The average molecular weight is 471 g/mol. The number of anilines is 1. The zero-order valence-electron chi connectivity index (χ0n) is 17.1. The first kappa shape index (κ1) is 19.9. The smallest absolute Gasteiger partial charge is 0.255 e. The van der Waals surface area contributed by atoms with E-state index in [9.17, 15) is 4.79 Å². The van der Waals surface area contributed by atoms with Crippen LogP contribution in [-0.4, -0.2) is 76.0 Å². The molecule has 0 radical (unpaired) electrons. The Hall–Kier alpha value is -2.06. The normalized spacial score (nSPS) is 20.4. The summed E-state index contributed by atoms with van der Waals surface area (Å²) in [6.45, 7) is 5.55. The highest BCUT2D eigenvalue weighted by Gasteiger charge is 2.29. The van der Waals surface area contributed by atoms with Gasteiger partial charge in [-0.15, -0.1) is 0 Å². The topological polar surface area (TPSA) is 65.5 Å². The van der Waals surface area contributed by atoms with Gasteiger partial charge < -0.3 is 9.80 Å². The van der Waals surface area contributed by atoms with E-state index in [0.717, 1.165) is 66.7 Å². The van der Waals surface area contributed by atoms with Crippen molar-refractivity contribution in [2.45, 2.75) is 38.1 Å². The number of carbonyl (C=O) groups is 1. The number of aromatic nitrogens is 3. The lowest BCUT2D eigenvalue weighted by Crippen LogP contribution is -2.52. The molecule has 2 aromatic heterocycles. The number of pyridine rings is 1. The van der Waals surface area contributed by atoms with E-state index in [2.05, 4.69) is 35.7 Å². The van der Waals surface area contributed by atoms with Crippen LogP contribution < -0.4 is 4.90 Å². The first-order valence-corrected chi connectivity index (χ1v) is 11.7. The molecular formula is C22H27BrN6O. The largest absolute Gasteiger partial charge is 0.338 e. The lowest BCUT2D eigenvalue weighted by Gasteiger charge is -2.43. The Labute approximate surface area is 185 Å². The number of rotatable bonds is 3. The van der Waals surface area contributed by atoms with Gasteiger partial charge in [-0.25, -0.2) is 9.97 Å². The van der Waals surface area contributed by atoms with Gasteiger partial charge in [0.2, 0.25) is 5.95 Å². The molecule has 0 bridgehead atoms. The highest BCUT2D eigenvalue weighted by Crippen LogP contribution is 2.26. The molecule has 0 N–H and O–H groups in total. The molecule has 0 spiro atoms. The monoisotopic (exact) mass is 470 g/mol. The standard InChI is InChI=1S/C22H27BrN6O/c23-18-12-17(13-24-15-18)21(30)28-6-4-16-14-25-22(26-20(16)5-7-28)29-10-8-27(9-11-29)19-2-1-3-19/h12-15,19H,1-11H2. The number of amides is 1. The molecule has 1 aliphatic carbocycles. The average Bonchev–Trinajstić information content (AvgIpc) is 2.95. The van der Waals surface area contributed by atoms with Gasteiger partial charge in [0, 0.05) is 74.8 Å². The molecule has 1 saturated heterocycles. The zero-order chi connectivity index (χ0) is 20.5. The third-order valence-electron chi connectivity index (χ3n) is 6.64. The molecule has 4 heterocycles. The molecule has 3 aliphatic rings. The zero-order valence-corrected chi connectivity index (χ0v) is 18.7. The van der Waals surface area contributed by atoms with Crippen LogP contribution in [0.4, 0.5) is 5.95 Å². The van der Waals surface area contributed by atoms with Gasteiger partial charge in [0.05, 0.1) is 11.3 Å². The van der Waals surface area contributed by atoms with Crippen molar-refractivity contribution < 1.29 is 4.79 Å². The maximum atomic E-state index is 12.9. The van der Waals surface area contributed by atoms with E-state index >= 15 is 0 Å². The summed E-state index contributed by atoms with van der Waals surface area (Å²) in [4.78, 5) is 33.5. The lowest BCUT2D eigenvalue weighted by molar-refractivity contribution is 0.0762. The number of hydrogen-bond acceptors (Lipinski definition) is 6. The summed E-state index contributed by atoms with van der Waals surface area (Å²) in [6, 6.07) is 2.64. The van der Waals surface area contributed by atoms with Gasteiger partial charge in [0.25, 0.3) is 5.91 Å². The Morgan fingerprint density at radius 3 is 2.53 bits per heavy atom. The predicted octanol–water partition coefficient (Wildman–Crippen LogP) is 2.55. The van der Waals surface area contributed by atoms with Crippen LogP contribution in [0.15, 0.2) is 29.1 Å². The molecular weight excluding hydrogens is 444 g/mol. The second kappa shape index (κ2) is 8.59. The first-order valence-electron chi connectivity index (χ1n) is 10.9. The van der Waals surface area contributed by atoms with Crippen molar-refractivity contribution >= 4 is 27.8 Å². The summed E-state index contributed by atoms with van der Waals surface area (Å²) in [5, 5.41) is 0. The number of nitrogens with zero attached hydrogens (tertiary/aromatic N) is 6. The van der Waals surface area contributed by atoms with E-state index in [-0.39, 0.29) is 5.91 Å². The van der Waals surface area contributed by atoms with Gasteiger partial charge in [-0.2, -0.15) is 0 Å². The minimum Gasteiger partial charge on any atom is -0.338 e. The van der Waals surface area contributed by atoms with Crippen LogP contribution in [0, 0.1) is 0 Å². The van der Waals surface area contributed by atoms with Crippen LogP contribution in [0.5, 0.6) is 0 Å². The van der Waals surface area contributed by atoms with Crippen LogP contribution in [0.25, 0.3) is 0 Å². The molecule has 2 aliphatic heterocycles. The highest BCUT2D eigenvalue weighted by molar-refractivity contribution is 9.10. The molecule has 0 unspecified atom stereocenters. The number of halogens is 1. The fraction of sp³-hybridized carbons (Fsp3) is 0.545. The second-order valence-corrected chi connectivity index (χ2v) is 9.35. The van der Waals surface area contributed by atoms with Crippen molar-refractivity contribution in [1.29, 1.82) is 0 Å². The first-order chi connectivity index (χ1) is 14.7. The third kappa shape index (κ3) is 4.07. The van der Waals surface area contributed by atoms with Gasteiger partial charge >= 0.3 is 0 Å². The molecule has 5 rings (SSSR count). The Morgan fingerprint density at radius 1 is 1.00 bits per heavy atom. The predicted molar refractivity (Wildman–Crippen MR) is 119 cm³/mol. The number of hydrogen-bond donors (Lipinski definition) is 0. The van der Waals surface area contributed by atoms with Crippen molar-refractivity contribution in [2.24, 2.45) is 0 Å². The van der Waals surface area contributed by atoms with Gasteiger partial charge in [0.1, 0.15) is 0 Å². The van der Waals surface area contributed by atoms with Crippen molar-refractivity contribution in [3.63, 3.8) is 0 Å². The van der Waals surface area contributed by atoms with Gasteiger partial charge in [-0.05, 0) is 46.8 Å². The molecule has 2 aromatic rings. The number of carbonyl (C=O) groups excluding carboxylic acids is 1. The van der Waals surface area contributed by atoms with E-state index in [1.54, 1.807) is 12.4 Å². The number of piperazine rings is 1. The van der Waals surface area contributed by atoms with Crippen LogP contribution in [0.2, 0.25) is 0 Å². The minimum absolute atomic E-state index is 0.0249. The van der Waals surface area contributed by atoms with E-state index in [1.165, 1.54) is 19.3 Å². The van der Waals surface area contributed by atoms with Crippen molar-refractivity contribution in [1.82, 2.24) is 24.8 Å². The van der Waals surface area contributed by atoms with Crippen LogP contribution in [0.1, 0.15) is 40.9 Å². The Kier molecular flexibility index (Phi) is 5.69. The summed E-state index contributed by atoms with van der Waals surface area (Å²) in [5.74, 6) is 0.870. The van der Waals surface area contributed by atoms with E-state index < -0.39 is 0 Å². The van der Waals surface area contributed by atoms with Gasteiger partial charge in [-0.1, -0.05) is 6.42 Å². The van der Waals surface area contributed by atoms with E-state index in [1.807, 2.05) is 17.2 Å². The number of fused-ring (bicyclic) bond motifs is 1. The molecule has 0 atom stereocenters. The third-order valence-corrected chi connectivity index (χ3v) is 7.07. The Balaban J connectivity index is 1.24. The summed E-state index contributed by atoms with van der Waals surface area (Å²) >= 11 is 3.40.